The largest absolute Gasteiger partial charge is 0.496 e. The molecule has 0 radical (unpaired) electrons. The monoisotopic (exact) mass is 1010 g/mol. The van der Waals surface area contributed by atoms with Crippen molar-refractivity contribution >= 4 is 34.6 Å². The second kappa shape index (κ2) is 20.9. The molecular weight excluding hydrogens is 978 g/mol. The third-order valence-corrected chi connectivity index (χ3v) is 9.60. The molecule has 4 N–H and O–H groups in total. The highest BCUT2D eigenvalue weighted by atomic mass is 19.4. The maximum absolute atomic E-state index is 14.4. The van der Waals surface area contributed by atoms with Crippen LogP contribution in [0.2, 0.25) is 0 Å². The number of alkyl halides is 14. The summed E-state index contributed by atoms with van der Waals surface area (Å²) in [4.78, 5) is 44.2. The summed E-state index contributed by atoms with van der Waals surface area (Å²) in [6, 6.07) is 6.00. The van der Waals surface area contributed by atoms with E-state index in [4.69, 9.17) is 29.8 Å². The third-order valence-electron chi connectivity index (χ3n) is 9.60. The van der Waals surface area contributed by atoms with Gasteiger partial charge in [-0.1, -0.05) is 24.3 Å². The van der Waals surface area contributed by atoms with Crippen LogP contribution in [-0.4, -0.2) is 80.0 Å². The third kappa shape index (κ3) is 11.5. The van der Waals surface area contributed by atoms with E-state index in [1.54, 1.807) is 0 Å². The summed E-state index contributed by atoms with van der Waals surface area (Å²) in [6.45, 7) is 4.53. The van der Waals surface area contributed by atoms with Crippen LogP contribution in [0.1, 0.15) is 54.1 Å². The SMILES string of the molecule is COc1ccc([N+](=O)[O-])c(OC)c1C(=O)Nc1c(C)cc(C(F)(C(F)(F)F)C(F)(F)F)cc1C.COc1ccc([N+](=O)[O-])c(OC)c1C(=O)O.Cc1cc(C(F)(C(F)(F)F)C(F)(F)F)cc(C)c1N. The number of carbonyl (C=O) groups excluding carboxylic acids is 1. The van der Waals surface area contributed by atoms with Gasteiger partial charge in [-0.25, -0.2) is 13.6 Å². The van der Waals surface area contributed by atoms with Crippen LogP contribution in [0, 0.1) is 47.9 Å². The number of ether oxygens (including phenoxy) is 4. The van der Waals surface area contributed by atoms with Gasteiger partial charge < -0.3 is 35.1 Å². The van der Waals surface area contributed by atoms with Crippen molar-refractivity contribution in [1.82, 2.24) is 0 Å². The summed E-state index contributed by atoms with van der Waals surface area (Å²) in [5.74, 6) is -3.40. The highest BCUT2D eigenvalue weighted by Gasteiger charge is 2.74. The Hall–Kier alpha value is -7.36. The van der Waals surface area contributed by atoms with E-state index in [9.17, 15) is 91.3 Å². The number of nitrogens with two attached hydrogens (primary N) is 1. The molecule has 4 aromatic carbocycles. The van der Waals surface area contributed by atoms with Gasteiger partial charge in [-0.05, 0) is 62.1 Å². The number of amides is 1. The number of hydrogen-bond acceptors (Lipinski definition) is 11. The summed E-state index contributed by atoms with van der Waals surface area (Å²) in [5.41, 5.74) is -11.7. The standard InChI is InChI=1S/C20H17F7N2O5.C11H10F7N.C9H9NO6/c1-9-7-11(18(21,19(22,23)24)20(25,26)27)8-10(2)15(9)28-17(30)14-13(33-3)6-5-12(29(31)32)16(14)34-4;1-5-3-7(4-6(2)8(5)19)9(12,10(13,14)15)11(16,17)18;1-15-6-4-3-5(10(13)14)8(16-2)7(6)9(11)12/h5-8H,1-4H3,(H,28,30);3-4H,19H2,1-2H3;3-4H,1-2H3,(H,11,12). The summed E-state index contributed by atoms with van der Waals surface area (Å²) in [5, 5.41) is 33.1. The van der Waals surface area contributed by atoms with Crippen molar-refractivity contribution in [2.75, 3.05) is 39.5 Å². The van der Waals surface area contributed by atoms with Gasteiger partial charge >= 0.3 is 53.4 Å². The van der Waals surface area contributed by atoms with Crippen LogP contribution >= 0.6 is 0 Å². The van der Waals surface area contributed by atoms with Crippen LogP contribution < -0.4 is 30.0 Å². The van der Waals surface area contributed by atoms with E-state index in [2.05, 4.69) is 5.32 Å². The van der Waals surface area contributed by atoms with Crippen LogP contribution in [0.25, 0.3) is 0 Å². The lowest BCUT2D eigenvalue weighted by Crippen LogP contribution is -2.50. The number of nitrogens with one attached hydrogen (secondary N) is 1. The number of carbonyl (C=O) groups is 2. The molecule has 0 saturated heterocycles. The van der Waals surface area contributed by atoms with E-state index in [0.29, 0.717) is 24.3 Å². The average Bonchev–Trinajstić information content (AvgIpc) is 3.23. The number of rotatable bonds is 11. The van der Waals surface area contributed by atoms with Crippen molar-refractivity contribution in [3.63, 3.8) is 0 Å². The molecular formula is C40H36F14N4O11. The number of hydrogen-bond donors (Lipinski definition) is 3. The smallest absolute Gasteiger partial charge is 0.435 e. The Kier molecular flexibility index (Phi) is 17.5. The first-order valence-corrected chi connectivity index (χ1v) is 18.3. The number of carboxylic acid groups (broad SMARTS) is 1. The number of benzene rings is 4. The molecule has 0 saturated carbocycles. The highest BCUT2D eigenvalue weighted by Crippen LogP contribution is 2.55. The summed E-state index contributed by atoms with van der Waals surface area (Å²) in [6.07, 6.45) is -24.8. The minimum absolute atomic E-state index is 0.00921. The van der Waals surface area contributed by atoms with Crippen molar-refractivity contribution in [3.05, 3.63) is 113 Å². The molecule has 0 fully saturated rings. The number of nitro benzene ring substituents is 2. The van der Waals surface area contributed by atoms with E-state index in [1.807, 2.05) is 0 Å². The Balaban J connectivity index is 0.000000392. The first-order chi connectivity index (χ1) is 31.3. The van der Waals surface area contributed by atoms with E-state index in [1.165, 1.54) is 27.0 Å². The van der Waals surface area contributed by atoms with Gasteiger partial charge in [0.1, 0.15) is 17.1 Å². The molecule has 0 aliphatic carbocycles. The van der Waals surface area contributed by atoms with Crippen molar-refractivity contribution in [1.29, 1.82) is 0 Å². The Morgan fingerprint density at radius 3 is 1.13 bits per heavy atom. The summed E-state index contributed by atoms with van der Waals surface area (Å²) < 4.78 is 201. The van der Waals surface area contributed by atoms with Crippen molar-refractivity contribution in [2.24, 2.45) is 0 Å². The van der Waals surface area contributed by atoms with Gasteiger partial charge in [0, 0.05) is 34.6 Å². The zero-order chi connectivity index (χ0) is 53.7. The van der Waals surface area contributed by atoms with E-state index in [0.717, 1.165) is 53.4 Å². The lowest BCUT2D eigenvalue weighted by atomic mass is 9.90. The molecule has 0 aliphatic rings. The maximum atomic E-state index is 14.4. The predicted octanol–water partition coefficient (Wildman–Crippen LogP) is 11.3. The van der Waals surface area contributed by atoms with Gasteiger partial charge in [-0.2, -0.15) is 52.7 Å². The zero-order valence-corrected chi connectivity index (χ0v) is 36.4. The number of nitrogen functional groups attached to an aromatic ring is 1. The van der Waals surface area contributed by atoms with Gasteiger partial charge in [0.05, 0.1) is 38.3 Å². The van der Waals surface area contributed by atoms with Crippen LogP contribution in [0.5, 0.6) is 23.0 Å². The molecule has 380 valence electrons. The number of aromatic carboxylic acids is 1. The second-order valence-corrected chi connectivity index (χ2v) is 14.0. The number of methoxy groups -OCH3 is 4. The van der Waals surface area contributed by atoms with E-state index >= 15 is 0 Å². The molecule has 0 atom stereocenters. The fourth-order valence-electron chi connectivity index (χ4n) is 6.25. The molecule has 4 rings (SSSR count). The van der Waals surface area contributed by atoms with Gasteiger partial charge in [0.25, 0.3) is 5.91 Å². The average molecular weight is 1010 g/mol. The van der Waals surface area contributed by atoms with Crippen LogP contribution in [0.4, 0.5) is 84.2 Å². The van der Waals surface area contributed by atoms with Crippen molar-refractivity contribution in [3.8, 4) is 23.0 Å². The number of nitrogens with zero attached hydrogens (tertiary/aromatic N) is 2. The fraction of sp³-hybridized carbons (Fsp3) is 0.350. The number of halogens is 14. The first kappa shape index (κ1) is 57.8. The van der Waals surface area contributed by atoms with Crippen LogP contribution in [-0.2, 0) is 11.3 Å². The Labute approximate surface area is 379 Å². The lowest BCUT2D eigenvalue weighted by molar-refractivity contribution is -0.385. The minimum atomic E-state index is -6.31. The predicted molar refractivity (Wildman–Crippen MR) is 213 cm³/mol. The number of anilines is 2. The first-order valence-electron chi connectivity index (χ1n) is 18.3. The number of aryl methyl sites for hydroxylation is 4. The van der Waals surface area contributed by atoms with Gasteiger partial charge in [0.15, 0.2) is 5.56 Å². The quantitative estimate of drug-likeness (QED) is 0.0554. The molecule has 0 spiro atoms. The molecule has 15 nitrogen and oxygen atoms in total. The zero-order valence-electron chi connectivity index (χ0n) is 36.4. The Morgan fingerprint density at radius 2 is 0.855 bits per heavy atom. The molecule has 4 aromatic rings. The minimum Gasteiger partial charge on any atom is -0.496 e. The lowest BCUT2D eigenvalue weighted by Gasteiger charge is -2.31. The Bertz CT molecular complexity index is 2520. The molecule has 0 bridgehead atoms. The fourth-order valence-corrected chi connectivity index (χ4v) is 6.25. The molecule has 69 heavy (non-hydrogen) atoms. The van der Waals surface area contributed by atoms with Crippen LogP contribution in [0.15, 0.2) is 48.5 Å². The molecule has 0 heterocycles. The van der Waals surface area contributed by atoms with E-state index in [-0.39, 0.29) is 56.4 Å². The Morgan fingerprint density at radius 1 is 0.551 bits per heavy atom. The van der Waals surface area contributed by atoms with Crippen molar-refractivity contribution < 1.29 is 105 Å². The summed E-state index contributed by atoms with van der Waals surface area (Å²) in [7, 11) is 4.62. The van der Waals surface area contributed by atoms with Crippen molar-refractivity contribution in [2.45, 2.75) is 63.7 Å². The molecule has 0 unspecified atom stereocenters. The maximum Gasteiger partial charge on any atom is 0.435 e. The molecule has 0 aromatic heterocycles. The van der Waals surface area contributed by atoms with E-state index < -0.39 is 91.6 Å². The summed E-state index contributed by atoms with van der Waals surface area (Å²) >= 11 is 0. The molecule has 1 amide bonds. The van der Waals surface area contributed by atoms with Gasteiger partial charge in [-0.15, -0.1) is 0 Å². The topological polar surface area (TPSA) is 216 Å². The second-order valence-electron chi connectivity index (χ2n) is 14.0. The molecule has 0 aliphatic heterocycles. The molecule has 29 heteroatoms. The number of nitro groups is 2. The number of carboxylic acids is 1. The van der Waals surface area contributed by atoms with Gasteiger partial charge in [-0.3, -0.25) is 25.0 Å². The normalized spacial score (nSPS) is 12.1. The van der Waals surface area contributed by atoms with Gasteiger partial charge in [0.2, 0.25) is 11.5 Å². The van der Waals surface area contributed by atoms with Crippen LogP contribution in [0.3, 0.4) is 0 Å². The highest BCUT2D eigenvalue weighted by molar-refractivity contribution is 6.09.